The van der Waals surface area contributed by atoms with Gasteiger partial charge in [-0.25, -0.2) is 4.98 Å². The molecule has 0 aliphatic carbocycles. The molecule has 0 aliphatic heterocycles. The lowest BCUT2D eigenvalue weighted by molar-refractivity contribution is -0.141. The number of alkyl halides is 3. The lowest BCUT2D eigenvalue weighted by atomic mass is 10.3. The van der Waals surface area contributed by atoms with Gasteiger partial charge >= 0.3 is 6.18 Å². The normalized spacial score (nSPS) is 13.6. The zero-order valence-electron chi connectivity index (χ0n) is 11.0. The molecule has 2 aromatic heterocycles. The average molecular weight is 287 g/mol. The molecule has 2 heterocycles. The third-order valence-electron chi connectivity index (χ3n) is 2.78. The highest BCUT2D eigenvalue weighted by atomic mass is 19.4. The summed E-state index contributed by atoms with van der Waals surface area (Å²) in [6, 6.07) is 1.90. The van der Waals surface area contributed by atoms with Crippen LogP contribution in [0, 0.1) is 0 Å². The molecule has 8 heteroatoms. The van der Waals surface area contributed by atoms with Gasteiger partial charge in [0.1, 0.15) is 12.4 Å². The second-order valence-electron chi connectivity index (χ2n) is 4.60. The molecule has 20 heavy (non-hydrogen) atoms. The van der Waals surface area contributed by atoms with Crippen molar-refractivity contribution in [1.82, 2.24) is 24.6 Å². The van der Waals surface area contributed by atoms with Crippen molar-refractivity contribution in [1.29, 1.82) is 0 Å². The fourth-order valence-corrected chi connectivity index (χ4v) is 1.86. The Kier molecular flexibility index (Phi) is 4.43. The van der Waals surface area contributed by atoms with Gasteiger partial charge in [-0.3, -0.25) is 4.68 Å². The molecule has 0 spiro atoms. The van der Waals surface area contributed by atoms with E-state index in [1.54, 1.807) is 10.9 Å². The summed E-state index contributed by atoms with van der Waals surface area (Å²) >= 11 is 0. The Bertz CT molecular complexity index is 517. The van der Waals surface area contributed by atoms with E-state index in [9.17, 15) is 13.2 Å². The van der Waals surface area contributed by atoms with Crippen molar-refractivity contribution in [2.75, 3.05) is 0 Å². The summed E-state index contributed by atoms with van der Waals surface area (Å²) in [5.41, 5.74) is 0. The van der Waals surface area contributed by atoms with Gasteiger partial charge in [-0.2, -0.15) is 18.3 Å². The van der Waals surface area contributed by atoms with E-state index in [-0.39, 0.29) is 12.6 Å². The number of hydrogen-bond donors (Lipinski definition) is 1. The minimum absolute atomic E-state index is 0.0749. The molecule has 0 saturated carbocycles. The standard InChI is InChI=1S/C12H16F3N5/c1-10(8-20-5-2-3-18-20)17-7-11-16-4-6-19(11)9-12(13,14)15/h2-6,10,17H,7-9H2,1H3/t10-/m1/s1. The van der Waals surface area contributed by atoms with Crippen molar-refractivity contribution in [3.05, 3.63) is 36.7 Å². The van der Waals surface area contributed by atoms with Crippen LogP contribution in [0.15, 0.2) is 30.9 Å². The van der Waals surface area contributed by atoms with Crippen LogP contribution in [0.25, 0.3) is 0 Å². The van der Waals surface area contributed by atoms with Crippen LogP contribution >= 0.6 is 0 Å². The maximum atomic E-state index is 12.4. The lowest BCUT2D eigenvalue weighted by Gasteiger charge is -2.15. The maximum absolute atomic E-state index is 12.4. The highest BCUT2D eigenvalue weighted by Gasteiger charge is 2.28. The molecule has 0 radical (unpaired) electrons. The topological polar surface area (TPSA) is 47.7 Å². The van der Waals surface area contributed by atoms with Gasteiger partial charge in [0.25, 0.3) is 0 Å². The first-order valence-corrected chi connectivity index (χ1v) is 6.21. The van der Waals surface area contributed by atoms with Crippen LogP contribution < -0.4 is 5.32 Å². The number of rotatable bonds is 6. The zero-order chi connectivity index (χ0) is 14.6. The van der Waals surface area contributed by atoms with Crippen LogP contribution in [-0.2, 0) is 19.6 Å². The first-order chi connectivity index (χ1) is 9.44. The molecule has 0 unspecified atom stereocenters. The van der Waals surface area contributed by atoms with Crippen molar-refractivity contribution in [2.45, 2.75) is 38.8 Å². The SMILES string of the molecule is C[C@H](Cn1cccn1)NCc1nccn1CC(F)(F)F. The highest BCUT2D eigenvalue weighted by Crippen LogP contribution is 2.18. The van der Waals surface area contributed by atoms with Crippen molar-refractivity contribution in [3.63, 3.8) is 0 Å². The minimum Gasteiger partial charge on any atom is -0.325 e. The van der Waals surface area contributed by atoms with Gasteiger partial charge in [-0.15, -0.1) is 0 Å². The third kappa shape index (κ3) is 4.37. The second-order valence-corrected chi connectivity index (χ2v) is 4.60. The summed E-state index contributed by atoms with van der Waals surface area (Å²) in [6.45, 7) is 1.86. The molecule has 0 saturated heterocycles. The van der Waals surface area contributed by atoms with Crippen LogP contribution in [0.4, 0.5) is 13.2 Å². The molecule has 0 aliphatic rings. The molecular weight excluding hydrogens is 271 g/mol. The molecule has 5 nitrogen and oxygen atoms in total. The van der Waals surface area contributed by atoms with E-state index in [1.165, 1.54) is 12.4 Å². The molecule has 0 aromatic carbocycles. The number of nitrogens with zero attached hydrogens (tertiary/aromatic N) is 4. The summed E-state index contributed by atoms with van der Waals surface area (Å²) in [6.07, 6.45) is 1.99. The summed E-state index contributed by atoms with van der Waals surface area (Å²) in [7, 11) is 0. The number of aromatic nitrogens is 4. The summed E-state index contributed by atoms with van der Waals surface area (Å²) in [4.78, 5) is 3.95. The Hall–Kier alpha value is -1.83. The summed E-state index contributed by atoms with van der Waals surface area (Å²) in [5, 5.41) is 7.21. The van der Waals surface area contributed by atoms with Crippen molar-refractivity contribution < 1.29 is 13.2 Å². The van der Waals surface area contributed by atoms with Crippen LogP contribution in [0.1, 0.15) is 12.7 Å². The Morgan fingerprint density at radius 3 is 2.75 bits per heavy atom. The Morgan fingerprint density at radius 1 is 1.30 bits per heavy atom. The largest absolute Gasteiger partial charge is 0.406 e. The predicted molar refractivity (Wildman–Crippen MR) is 66.8 cm³/mol. The van der Waals surface area contributed by atoms with E-state index in [4.69, 9.17) is 0 Å². The third-order valence-corrected chi connectivity index (χ3v) is 2.78. The van der Waals surface area contributed by atoms with Crippen molar-refractivity contribution in [2.24, 2.45) is 0 Å². The molecule has 1 N–H and O–H groups in total. The van der Waals surface area contributed by atoms with Crippen LogP contribution in [-0.4, -0.2) is 31.5 Å². The van der Waals surface area contributed by atoms with Crippen LogP contribution in [0.2, 0.25) is 0 Å². The molecule has 1 atom stereocenters. The molecular formula is C12H16F3N5. The molecule has 0 bridgehead atoms. The van der Waals surface area contributed by atoms with Gasteiger partial charge in [0.15, 0.2) is 0 Å². The highest BCUT2D eigenvalue weighted by molar-refractivity contribution is 4.93. The predicted octanol–water partition coefficient (Wildman–Crippen LogP) is 1.82. The smallest absolute Gasteiger partial charge is 0.325 e. The Morgan fingerprint density at radius 2 is 2.10 bits per heavy atom. The van der Waals surface area contributed by atoms with Crippen molar-refractivity contribution >= 4 is 0 Å². The molecule has 0 amide bonds. The number of nitrogens with one attached hydrogen (secondary N) is 1. The molecule has 0 fully saturated rings. The summed E-state index contributed by atoms with van der Waals surface area (Å²) in [5.74, 6) is 0.370. The van der Waals surface area contributed by atoms with Gasteiger partial charge < -0.3 is 9.88 Å². The van der Waals surface area contributed by atoms with E-state index >= 15 is 0 Å². The molecule has 2 aromatic rings. The van der Waals surface area contributed by atoms with Crippen molar-refractivity contribution in [3.8, 4) is 0 Å². The first-order valence-electron chi connectivity index (χ1n) is 6.21. The van der Waals surface area contributed by atoms with Gasteiger partial charge in [-0.05, 0) is 13.0 Å². The quantitative estimate of drug-likeness (QED) is 0.881. The average Bonchev–Trinajstić information content (AvgIpc) is 2.96. The molecule has 2 rings (SSSR count). The van der Waals surface area contributed by atoms with E-state index in [0.29, 0.717) is 12.4 Å². The van der Waals surface area contributed by atoms with Gasteiger partial charge in [-0.1, -0.05) is 0 Å². The number of halogens is 3. The van der Waals surface area contributed by atoms with Gasteiger partial charge in [0, 0.05) is 30.8 Å². The maximum Gasteiger partial charge on any atom is 0.406 e. The Balaban J connectivity index is 1.86. The molecule has 110 valence electrons. The van der Waals surface area contributed by atoms with Gasteiger partial charge in [0.2, 0.25) is 0 Å². The first kappa shape index (κ1) is 14.6. The number of imidazole rings is 1. The second kappa shape index (κ2) is 6.08. The monoisotopic (exact) mass is 287 g/mol. The van der Waals surface area contributed by atoms with E-state index in [2.05, 4.69) is 15.4 Å². The summed E-state index contributed by atoms with van der Waals surface area (Å²) < 4.78 is 40.0. The fraction of sp³-hybridized carbons (Fsp3) is 0.500. The Labute approximate surface area is 114 Å². The lowest BCUT2D eigenvalue weighted by Crippen LogP contribution is -2.31. The van der Waals surface area contributed by atoms with Crippen LogP contribution in [0.5, 0.6) is 0 Å². The number of hydrogen-bond acceptors (Lipinski definition) is 3. The van der Waals surface area contributed by atoms with Gasteiger partial charge in [0.05, 0.1) is 13.1 Å². The zero-order valence-corrected chi connectivity index (χ0v) is 11.0. The van der Waals surface area contributed by atoms with Crippen LogP contribution in [0.3, 0.4) is 0 Å². The minimum atomic E-state index is -4.24. The van der Waals surface area contributed by atoms with E-state index in [1.807, 2.05) is 19.2 Å². The van der Waals surface area contributed by atoms with E-state index in [0.717, 1.165) is 4.57 Å². The fourth-order valence-electron chi connectivity index (χ4n) is 1.86. The van der Waals surface area contributed by atoms with E-state index < -0.39 is 12.7 Å².